The van der Waals surface area contributed by atoms with Gasteiger partial charge in [0.05, 0.1) is 5.56 Å². The highest BCUT2D eigenvalue weighted by Gasteiger charge is 2.29. The molecule has 1 amide bonds. The zero-order chi connectivity index (χ0) is 19.7. The van der Waals surface area contributed by atoms with Gasteiger partial charge in [-0.25, -0.2) is 4.79 Å². The molecule has 0 aliphatic heterocycles. The van der Waals surface area contributed by atoms with Crippen molar-refractivity contribution in [2.45, 2.75) is 25.9 Å². The first-order chi connectivity index (χ1) is 13.5. The third kappa shape index (κ3) is 3.67. The maximum absolute atomic E-state index is 12.7. The minimum absolute atomic E-state index is 0.00766. The predicted octanol–water partition coefficient (Wildman–Crippen LogP) is 3.94. The van der Waals surface area contributed by atoms with Crippen LogP contribution < -0.4 is 5.32 Å². The standard InChI is InChI=1S/C22H20N2O4/c1-13(20(25)18-12-23-19-5-3-2-4-17(18)19)28-22(27)15-8-10-16(11-9-15)24-21(26)14-6-7-14/h2-5,8-14,23H,6-7H2,1H3,(H,24,26). The Morgan fingerprint density at radius 2 is 1.79 bits per heavy atom. The summed E-state index contributed by atoms with van der Waals surface area (Å²) >= 11 is 0. The molecular weight excluding hydrogens is 356 g/mol. The van der Waals surface area contributed by atoms with Crippen LogP contribution in [0, 0.1) is 5.92 Å². The molecule has 1 unspecified atom stereocenters. The lowest BCUT2D eigenvalue weighted by Crippen LogP contribution is -2.24. The van der Waals surface area contributed by atoms with Gasteiger partial charge in [0.15, 0.2) is 6.10 Å². The number of Topliss-reactive ketones (excluding diaryl/α,β-unsaturated/α-hetero) is 1. The number of anilines is 1. The smallest absolute Gasteiger partial charge is 0.338 e. The quantitative estimate of drug-likeness (QED) is 0.504. The van der Waals surface area contributed by atoms with Crippen LogP contribution in [-0.2, 0) is 9.53 Å². The normalized spacial score (nSPS) is 14.5. The summed E-state index contributed by atoms with van der Waals surface area (Å²) in [6.45, 7) is 1.56. The molecule has 0 radical (unpaired) electrons. The lowest BCUT2D eigenvalue weighted by molar-refractivity contribution is -0.117. The van der Waals surface area contributed by atoms with E-state index in [4.69, 9.17) is 4.74 Å². The molecular formula is C22H20N2O4. The Hall–Kier alpha value is -3.41. The fourth-order valence-corrected chi connectivity index (χ4v) is 3.06. The fourth-order valence-electron chi connectivity index (χ4n) is 3.06. The number of ether oxygens (including phenoxy) is 1. The number of aromatic nitrogens is 1. The number of para-hydroxylation sites is 1. The molecule has 2 N–H and O–H groups in total. The molecule has 0 saturated heterocycles. The zero-order valence-electron chi connectivity index (χ0n) is 15.4. The number of carbonyl (C=O) groups excluding carboxylic acids is 3. The van der Waals surface area contributed by atoms with Crippen LogP contribution in [0.3, 0.4) is 0 Å². The van der Waals surface area contributed by atoms with Crippen LogP contribution in [0.25, 0.3) is 10.9 Å². The monoisotopic (exact) mass is 376 g/mol. The van der Waals surface area contributed by atoms with E-state index in [1.54, 1.807) is 37.4 Å². The summed E-state index contributed by atoms with van der Waals surface area (Å²) in [6, 6.07) is 13.9. The van der Waals surface area contributed by atoms with Crippen molar-refractivity contribution in [3.63, 3.8) is 0 Å². The van der Waals surface area contributed by atoms with Gasteiger partial charge < -0.3 is 15.0 Å². The number of esters is 1. The molecule has 3 aromatic rings. The Kier molecular flexibility index (Phi) is 4.69. The van der Waals surface area contributed by atoms with Gasteiger partial charge in [-0.3, -0.25) is 9.59 Å². The second-order valence-corrected chi connectivity index (χ2v) is 7.00. The van der Waals surface area contributed by atoms with E-state index in [-0.39, 0.29) is 17.6 Å². The van der Waals surface area contributed by atoms with Crippen LogP contribution in [0.15, 0.2) is 54.7 Å². The van der Waals surface area contributed by atoms with Gasteiger partial charge in [-0.15, -0.1) is 0 Å². The van der Waals surface area contributed by atoms with E-state index in [1.165, 1.54) is 0 Å². The van der Waals surface area contributed by atoms with Crippen molar-refractivity contribution in [2.24, 2.45) is 5.92 Å². The van der Waals surface area contributed by atoms with Crippen LogP contribution in [0.5, 0.6) is 0 Å². The van der Waals surface area contributed by atoms with Gasteiger partial charge >= 0.3 is 5.97 Å². The third-order valence-corrected chi connectivity index (χ3v) is 4.84. The topological polar surface area (TPSA) is 88.3 Å². The van der Waals surface area contributed by atoms with Gasteiger partial charge in [-0.1, -0.05) is 18.2 Å². The van der Waals surface area contributed by atoms with Crippen molar-refractivity contribution < 1.29 is 19.1 Å². The van der Waals surface area contributed by atoms with E-state index in [1.807, 2.05) is 24.3 Å². The summed E-state index contributed by atoms with van der Waals surface area (Å²) in [7, 11) is 0. The molecule has 6 nitrogen and oxygen atoms in total. The highest BCUT2D eigenvalue weighted by atomic mass is 16.5. The van der Waals surface area contributed by atoms with Gasteiger partial charge in [0.25, 0.3) is 0 Å². The number of nitrogens with one attached hydrogen (secondary N) is 2. The first-order valence-corrected chi connectivity index (χ1v) is 9.25. The van der Waals surface area contributed by atoms with Gasteiger partial charge in [0.2, 0.25) is 11.7 Å². The molecule has 6 heteroatoms. The number of benzene rings is 2. The van der Waals surface area contributed by atoms with Crippen molar-refractivity contribution in [1.82, 2.24) is 4.98 Å². The number of H-pyrrole nitrogens is 1. The number of hydrogen-bond donors (Lipinski definition) is 2. The molecule has 142 valence electrons. The molecule has 0 bridgehead atoms. The number of hydrogen-bond acceptors (Lipinski definition) is 4. The summed E-state index contributed by atoms with van der Waals surface area (Å²) in [5, 5.41) is 3.61. The van der Waals surface area contributed by atoms with Crippen LogP contribution in [0.4, 0.5) is 5.69 Å². The molecule has 1 atom stereocenters. The average molecular weight is 376 g/mol. The highest BCUT2D eigenvalue weighted by Crippen LogP contribution is 2.30. The minimum atomic E-state index is -0.916. The fraction of sp³-hybridized carbons (Fsp3) is 0.227. The second-order valence-electron chi connectivity index (χ2n) is 7.00. The number of fused-ring (bicyclic) bond motifs is 1. The molecule has 0 spiro atoms. The van der Waals surface area contributed by atoms with E-state index >= 15 is 0 Å². The Morgan fingerprint density at radius 1 is 1.07 bits per heavy atom. The molecule has 1 aliphatic rings. The largest absolute Gasteiger partial charge is 0.451 e. The molecule has 1 aromatic heterocycles. The second kappa shape index (κ2) is 7.31. The van der Waals surface area contributed by atoms with Crippen LogP contribution in [-0.4, -0.2) is 28.7 Å². The summed E-state index contributed by atoms with van der Waals surface area (Å²) < 4.78 is 5.35. The van der Waals surface area contributed by atoms with Crippen LogP contribution >= 0.6 is 0 Å². The van der Waals surface area contributed by atoms with Crippen molar-refractivity contribution in [2.75, 3.05) is 5.32 Å². The van der Waals surface area contributed by atoms with Crippen LogP contribution in [0.1, 0.15) is 40.5 Å². The number of aromatic amines is 1. The Morgan fingerprint density at radius 3 is 2.50 bits per heavy atom. The van der Waals surface area contributed by atoms with Crippen LogP contribution in [0.2, 0.25) is 0 Å². The summed E-state index contributed by atoms with van der Waals surface area (Å²) in [4.78, 5) is 39.9. The Labute approximate surface area is 161 Å². The van der Waals surface area contributed by atoms with E-state index < -0.39 is 12.1 Å². The Balaban J connectivity index is 1.41. The SMILES string of the molecule is CC(OC(=O)c1ccc(NC(=O)C2CC2)cc1)C(=O)c1c[nH]c2ccccc12. The summed E-state index contributed by atoms with van der Waals surface area (Å²) in [5.74, 6) is -0.728. The lowest BCUT2D eigenvalue weighted by atomic mass is 10.1. The maximum Gasteiger partial charge on any atom is 0.338 e. The van der Waals surface area contributed by atoms with E-state index in [0.29, 0.717) is 16.8 Å². The molecule has 1 saturated carbocycles. The van der Waals surface area contributed by atoms with Gasteiger partial charge in [0.1, 0.15) is 0 Å². The first-order valence-electron chi connectivity index (χ1n) is 9.25. The maximum atomic E-state index is 12.7. The van der Waals surface area contributed by atoms with Crippen molar-refractivity contribution in [1.29, 1.82) is 0 Å². The first kappa shape index (κ1) is 18.0. The minimum Gasteiger partial charge on any atom is -0.451 e. The van der Waals surface area contributed by atoms with E-state index in [9.17, 15) is 14.4 Å². The van der Waals surface area contributed by atoms with E-state index in [0.717, 1.165) is 23.7 Å². The molecule has 1 aliphatic carbocycles. The van der Waals surface area contributed by atoms with Gasteiger partial charge in [-0.05, 0) is 50.1 Å². The summed E-state index contributed by atoms with van der Waals surface area (Å²) in [5.41, 5.74) is 2.31. The molecule has 1 fully saturated rings. The van der Waals surface area contributed by atoms with Crippen molar-refractivity contribution >= 4 is 34.3 Å². The van der Waals surface area contributed by atoms with Crippen molar-refractivity contribution in [3.05, 3.63) is 65.9 Å². The number of carbonyl (C=O) groups is 3. The zero-order valence-corrected chi connectivity index (χ0v) is 15.4. The van der Waals surface area contributed by atoms with Gasteiger partial charge in [0, 0.05) is 34.3 Å². The summed E-state index contributed by atoms with van der Waals surface area (Å²) in [6.07, 6.45) is 2.58. The number of ketones is 1. The van der Waals surface area contributed by atoms with E-state index in [2.05, 4.69) is 10.3 Å². The lowest BCUT2D eigenvalue weighted by Gasteiger charge is -2.12. The number of amides is 1. The third-order valence-electron chi connectivity index (χ3n) is 4.84. The predicted molar refractivity (Wildman–Crippen MR) is 105 cm³/mol. The molecule has 4 rings (SSSR count). The molecule has 2 aromatic carbocycles. The number of rotatable bonds is 6. The molecule has 28 heavy (non-hydrogen) atoms. The molecule has 1 heterocycles. The Bertz CT molecular complexity index is 1050. The van der Waals surface area contributed by atoms with Gasteiger partial charge in [-0.2, -0.15) is 0 Å². The highest BCUT2D eigenvalue weighted by molar-refractivity contribution is 6.10. The average Bonchev–Trinajstić information content (AvgIpc) is 3.47. The van der Waals surface area contributed by atoms with Crippen molar-refractivity contribution in [3.8, 4) is 0 Å².